The van der Waals surface area contributed by atoms with Crippen molar-refractivity contribution >= 4 is 16.9 Å². The number of rotatable bonds is 4. The molecule has 0 fully saturated rings. The van der Waals surface area contributed by atoms with E-state index >= 15 is 0 Å². The summed E-state index contributed by atoms with van der Waals surface area (Å²) in [7, 11) is 1.55. The zero-order valence-electron chi connectivity index (χ0n) is 14.5. The fourth-order valence-electron chi connectivity index (χ4n) is 3.61. The predicted molar refractivity (Wildman–Crippen MR) is 98.4 cm³/mol. The molecule has 2 aromatic carbocycles. The molecule has 5 nitrogen and oxygen atoms in total. The minimum absolute atomic E-state index is 0.0326. The van der Waals surface area contributed by atoms with Crippen molar-refractivity contribution in [3.8, 4) is 5.75 Å². The van der Waals surface area contributed by atoms with Crippen molar-refractivity contribution in [2.24, 2.45) is 0 Å². The van der Waals surface area contributed by atoms with Gasteiger partial charge in [0, 0.05) is 17.5 Å². The standard InChI is InChI=1S/C21H19NO4/c1-25-15-7-8-17-14(11-21(24)26-19(17)12-15)10-20(23)22-18-9-6-13-4-2-3-5-16(13)18/h2-5,7-8,11-12,18H,6,9-10H2,1H3,(H,22,23)/t18-/m1/s1. The molecule has 1 heterocycles. The van der Waals surface area contributed by atoms with Gasteiger partial charge in [-0.15, -0.1) is 0 Å². The van der Waals surface area contributed by atoms with E-state index in [9.17, 15) is 9.59 Å². The summed E-state index contributed by atoms with van der Waals surface area (Å²) < 4.78 is 10.4. The number of aryl methyl sites for hydroxylation is 1. The Morgan fingerprint density at radius 2 is 2.08 bits per heavy atom. The van der Waals surface area contributed by atoms with Crippen LogP contribution in [0.1, 0.15) is 29.2 Å². The number of ether oxygens (including phenoxy) is 1. The molecule has 1 N–H and O–H groups in total. The molecule has 0 bridgehead atoms. The Morgan fingerprint density at radius 3 is 2.92 bits per heavy atom. The highest BCUT2D eigenvalue weighted by Gasteiger charge is 2.23. The highest BCUT2D eigenvalue weighted by molar-refractivity contribution is 5.88. The third-order valence-corrected chi connectivity index (χ3v) is 4.86. The molecule has 1 atom stereocenters. The number of carbonyl (C=O) groups is 1. The van der Waals surface area contributed by atoms with Crippen LogP contribution in [0.25, 0.3) is 11.0 Å². The summed E-state index contributed by atoms with van der Waals surface area (Å²) in [6.07, 6.45) is 2.01. The van der Waals surface area contributed by atoms with Crippen LogP contribution in [0.4, 0.5) is 0 Å². The van der Waals surface area contributed by atoms with Gasteiger partial charge in [0.1, 0.15) is 11.3 Å². The number of benzene rings is 2. The second kappa shape index (κ2) is 6.67. The van der Waals surface area contributed by atoms with Crippen LogP contribution in [0.3, 0.4) is 0 Å². The van der Waals surface area contributed by atoms with E-state index in [-0.39, 0.29) is 18.4 Å². The smallest absolute Gasteiger partial charge is 0.336 e. The van der Waals surface area contributed by atoms with Crippen LogP contribution >= 0.6 is 0 Å². The normalized spacial score (nSPS) is 15.7. The maximum atomic E-state index is 12.6. The first-order valence-electron chi connectivity index (χ1n) is 8.62. The molecular formula is C21H19NO4. The zero-order chi connectivity index (χ0) is 18.1. The molecule has 0 unspecified atom stereocenters. The zero-order valence-corrected chi connectivity index (χ0v) is 14.5. The number of methoxy groups -OCH3 is 1. The van der Waals surface area contributed by atoms with E-state index in [1.807, 2.05) is 18.2 Å². The van der Waals surface area contributed by atoms with Crippen LogP contribution < -0.4 is 15.7 Å². The Balaban J connectivity index is 1.57. The maximum Gasteiger partial charge on any atom is 0.336 e. The lowest BCUT2D eigenvalue weighted by Gasteiger charge is -2.14. The lowest BCUT2D eigenvalue weighted by molar-refractivity contribution is -0.121. The molecule has 0 aliphatic heterocycles. The Bertz CT molecular complexity index is 1040. The van der Waals surface area contributed by atoms with Crippen molar-refractivity contribution in [3.05, 3.63) is 75.6 Å². The topological polar surface area (TPSA) is 68.5 Å². The highest BCUT2D eigenvalue weighted by Crippen LogP contribution is 2.31. The van der Waals surface area contributed by atoms with Crippen molar-refractivity contribution < 1.29 is 13.9 Å². The van der Waals surface area contributed by atoms with E-state index in [0.29, 0.717) is 16.9 Å². The van der Waals surface area contributed by atoms with Gasteiger partial charge in [-0.25, -0.2) is 4.79 Å². The van der Waals surface area contributed by atoms with Crippen LogP contribution in [0.15, 0.2) is 57.7 Å². The average Bonchev–Trinajstić information content (AvgIpc) is 3.04. The van der Waals surface area contributed by atoms with Crippen molar-refractivity contribution in [2.45, 2.75) is 25.3 Å². The largest absolute Gasteiger partial charge is 0.497 e. The first-order valence-corrected chi connectivity index (χ1v) is 8.62. The van der Waals surface area contributed by atoms with Crippen molar-refractivity contribution in [1.29, 1.82) is 0 Å². The van der Waals surface area contributed by atoms with E-state index in [0.717, 1.165) is 18.2 Å². The van der Waals surface area contributed by atoms with Crippen molar-refractivity contribution in [1.82, 2.24) is 5.32 Å². The van der Waals surface area contributed by atoms with Gasteiger partial charge in [0.15, 0.2) is 0 Å². The lowest BCUT2D eigenvalue weighted by Crippen LogP contribution is -2.28. The highest BCUT2D eigenvalue weighted by atomic mass is 16.5. The fraction of sp³-hybridized carbons (Fsp3) is 0.238. The third kappa shape index (κ3) is 3.08. The Kier molecular flexibility index (Phi) is 4.21. The van der Waals surface area contributed by atoms with E-state index in [2.05, 4.69) is 17.4 Å². The average molecular weight is 349 g/mol. The second-order valence-corrected chi connectivity index (χ2v) is 6.49. The second-order valence-electron chi connectivity index (χ2n) is 6.49. The van der Waals surface area contributed by atoms with Gasteiger partial charge < -0.3 is 14.5 Å². The molecule has 3 aromatic rings. The summed E-state index contributed by atoms with van der Waals surface area (Å²) in [5.41, 5.74) is 3.08. The molecule has 1 aromatic heterocycles. The van der Waals surface area contributed by atoms with Gasteiger partial charge in [0.05, 0.1) is 19.6 Å². The van der Waals surface area contributed by atoms with Crippen LogP contribution in [0.2, 0.25) is 0 Å². The van der Waals surface area contributed by atoms with Crippen molar-refractivity contribution in [3.63, 3.8) is 0 Å². The summed E-state index contributed by atoms with van der Waals surface area (Å²) in [5.74, 6) is 0.499. The monoisotopic (exact) mass is 349 g/mol. The molecule has 0 radical (unpaired) electrons. The Labute approximate surface area is 150 Å². The van der Waals surface area contributed by atoms with Gasteiger partial charge in [-0.05, 0) is 41.7 Å². The van der Waals surface area contributed by atoms with Crippen LogP contribution in [-0.2, 0) is 17.6 Å². The first-order chi connectivity index (χ1) is 12.6. The third-order valence-electron chi connectivity index (χ3n) is 4.86. The molecule has 0 spiro atoms. The molecule has 1 aliphatic carbocycles. The summed E-state index contributed by atoms with van der Waals surface area (Å²) in [6, 6.07) is 14.9. The number of carbonyl (C=O) groups excluding carboxylic acids is 1. The number of hydrogen-bond donors (Lipinski definition) is 1. The number of amides is 1. The molecular weight excluding hydrogens is 330 g/mol. The fourth-order valence-corrected chi connectivity index (χ4v) is 3.61. The Hall–Kier alpha value is -3.08. The number of fused-ring (bicyclic) bond motifs is 2. The van der Waals surface area contributed by atoms with Crippen LogP contribution in [-0.4, -0.2) is 13.0 Å². The van der Waals surface area contributed by atoms with Crippen LogP contribution in [0.5, 0.6) is 5.75 Å². The van der Waals surface area contributed by atoms with Gasteiger partial charge in [-0.3, -0.25) is 4.79 Å². The minimum atomic E-state index is -0.472. The molecule has 5 heteroatoms. The number of hydrogen-bond acceptors (Lipinski definition) is 4. The van der Waals surface area contributed by atoms with E-state index in [1.54, 1.807) is 19.2 Å². The quantitative estimate of drug-likeness (QED) is 0.735. The molecule has 132 valence electrons. The van der Waals surface area contributed by atoms with Crippen LogP contribution in [0, 0.1) is 0 Å². The maximum absolute atomic E-state index is 12.6. The van der Waals surface area contributed by atoms with Gasteiger partial charge >= 0.3 is 5.63 Å². The predicted octanol–water partition coefficient (Wildman–Crippen LogP) is 3.15. The van der Waals surface area contributed by atoms with E-state index < -0.39 is 5.63 Å². The first kappa shape index (κ1) is 16.4. The summed E-state index contributed by atoms with van der Waals surface area (Å²) >= 11 is 0. The summed E-state index contributed by atoms with van der Waals surface area (Å²) in [5, 5.41) is 3.84. The van der Waals surface area contributed by atoms with Crippen molar-refractivity contribution in [2.75, 3.05) is 7.11 Å². The number of nitrogens with one attached hydrogen (secondary N) is 1. The van der Waals surface area contributed by atoms with Gasteiger partial charge in [0.25, 0.3) is 0 Å². The molecule has 26 heavy (non-hydrogen) atoms. The SMILES string of the molecule is COc1ccc2c(CC(=O)N[C@@H]3CCc4ccccc43)cc(=O)oc2c1. The Morgan fingerprint density at radius 1 is 1.23 bits per heavy atom. The molecule has 0 saturated heterocycles. The van der Waals surface area contributed by atoms with E-state index in [4.69, 9.17) is 9.15 Å². The summed E-state index contributed by atoms with van der Waals surface area (Å²) in [4.78, 5) is 24.4. The molecule has 1 aliphatic rings. The lowest BCUT2D eigenvalue weighted by atomic mass is 10.1. The molecule has 4 rings (SSSR count). The molecule has 0 saturated carbocycles. The minimum Gasteiger partial charge on any atom is -0.497 e. The summed E-state index contributed by atoms with van der Waals surface area (Å²) in [6.45, 7) is 0. The van der Waals surface area contributed by atoms with Gasteiger partial charge in [-0.1, -0.05) is 24.3 Å². The van der Waals surface area contributed by atoms with E-state index in [1.165, 1.54) is 17.2 Å². The molecule has 1 amide bonds. The van der Waals surface area contributed by atoms with Gasteiger partial charge in [0.2, 0.25) is 5.91 Å². The van der Waals surface area contributed by atoms with Gasteiger partial charge in [-0.2, -0.15) is 0 Å².